The molecule has 0 spiro atoms. The lowest BCUT2D eigenvalue weighted by atomic mass is 10.2. The Bertz CT molecular complexity index is 953. The Hall–Kier alpha value is -3.29. The van der Waals surface area contributed by atoms with E-state index in [9.17, 15) is 14.0 Å². The lowest BCUT2D eigenvalue weighted by Crippen LogP contribution is -2.37. The quantitative estimate of drug-likeness (QED) is 0.769. The summed E-state index contributed by atoms with van der Waals surface area (Å²) in [7, 11) is 0. The summed E-state index contributed by atoms with van der Waals surface area (Å²) in [4.78, 5) is 34.4. The monoisotopic (exact) mass is 353 g/mol. The summed E-state index contributed by atoms with van der Waals surface area (Å²) < 4.78 is 14.9. The molecule has 0 unspecified atom stereocenters. The smallest absolute Gasteiger partial charge is 0.271 e. The SMILES string of the molecule is O=C(N[C@@H]1CC(=O)N(Cc2cccc(F)c2)C1)c1cn2cccnc2n1. The molecule has 26 heavy (non-hydrogen) atoms. The third-order valence-corrected chi connectivity index (χ3v) is 4.28. The Morgan fingerprint density at radius 2 is 2.23 bits per heavy atom. The maximum Gasteiger partial charge on any atom is 0.271 e. The van der Waals surface area contributed by atoms with Crippen molar-refractivity contribution in [3.63, 3.8) is 0 Å². The number of nitrogens with zero attached hydrogens (tertiary/aromatic N) is 4. The number of rotatable bonds is 4. The van der Waals surface area contributed by atoms with Crippen molar-refractivity contribution in [1.82, 2.24) is 24.6 Å². The molecule has 1 fully saturated rings. The number of fused-ring (bicyclic) bond motifs is 1. The fourth-order valence-electron chi connectivity index (χ4n) is 3.08. The van der Waals surface area contributed by atoms with Gasteiger partial charge in [-0.05, 0) is 23.8 Å². The van der Waals surface area contributed by atoms with Crippen LogP contribution in [0.2, 0.25) is 0 Å². The molecule has 0 radical (unpaired) electrons. The van der Waals surface area contributed by atoms with Gasteiger partial charge in [0.1, 0.15) is 11.5 Å². The van der Waals surface area contributed by atoms with Crippen molar-refractivity contribution >= 4 is 17.6 Å². The van der Waals surface area contributed by atoms with Crippen LogP contribution >= 0.6 is 0 Å². The minimum Gasteiger partial charge on any atom is -0.346 e. The Morgan fingerprint density at radius 3 is 3.04 bits per heavy atom. The molecule has 0 bridgehead atoms. The standard InChI is InChI=1S/C18H16FN5O2/c19-13-4-1-3-12(7-13)9-24-10-14(8-16(24)25)21-17(26)15-11-23-6-2-5-20-18(23)22-15/h1-7,11,14H,8-10H2,(H,21,26)/t14-/m1/s1. The lowest BCUT2D eigenvalue weighted by molar-refractivity contribution is -0.128. The fraction of sp³-hybridized carbons (Fsp3) is 0.222. The van der Waals surface area contributed by atoms with Crippen LogP contribution in [-0.2, 0) is 11.3 Å². The van der Waals surface area contributed by atoms with Crippen LogP contribution in [0.15, 0.2) is 48.9 Å². The van der Waals surface area contributed by atoms with E-state index >= 15 is 0 Å². The number of carbonyl (C=O) groups is 2. The molecule has 1 aliphatic heterocycles. The molecule has 0 saturated carbocycles. The van der Waals surface area contributed by atoms with Gasteiger partial charge < -0.3 is 10.2 Å². The van der Waals surface area contributed by atoms with Crippen molar-refractivity contribution in [3.05, 3.63) is 66.0 Å². The summed E-state index contributed by atoms with van der Waals surface area (Å²) in [5, 5.41) is 2.83. The molecular weight excluding hydrogens is 337 g/mol. The van der Waals surface area contributed by atoms with Crippen molar-refractivity contribution in [2.75, 3.05) is 6.54 Å². The molecule has 1 aromatic carbocycles. The van der Waals surface area contributed by atoms with Gasteiger partial charge in [0.25, 0.3) is 5.91 Å². The molecule has 1 aliphatic rings. The first kappa shape index (κ1) is 16.2. The van der Waals surface area contributed by atoms with Crippen molar-refractivity contribution in [3.8, 4) is 0 Å². The number of carbonyl (C=O) groups excluding carboxylic acids is 2. The maximum absolute atomic E-state index is 13.3. The molecule has 0 aliphatic carbocycles. The number of aromatic nitrogens is 3. The van der Waals surface area contributed by atoms with Gasteiger partial charge in [0.15, 0.2) is 0 Å². The van der Waals surface area contributed by atoms with Crippen LogP contribution in [0.1, 0.15) is 22.5 Å². The number of benzene rings is 1. The second-order valence-corrected chi connectivity index (χ2v) is 6.23. The number of halogens is 1. The normalized spacial score (nSPS) is 17.0. The molecule has 3 heterocycles. The van der Waals surface area contributed by atoms with Crippen molar-refractivity contribution < 1.29 is 14.0 Å². The Kier molecular flexibility index (Phi) is 4.08. The third-order valence-electron chi connectivity index (χ3n) is 4.28. The predicted molar refractivity (Wildman–Crippen MR) is 90.7 cm³/mol. The van der Waals surface area contributed by atoms with Crippen LogP contribution in [0.4, 0.5) is 4.39 Å². The molecule has 1 N–H and O–H groups in total. The van der Waals surface area contributed by atoms with Gasteiger partial charge in [-0.25, -0.2) is 14.4 Å². The topological polar surface area (TPSA) is 79.6 Å². The molecule has 8 heteroatoms. The van der Waals surface area contributed by atoms with E-state index < -0.39 is 0 Å². The van der Waals surface area contributed by atoms with Crippen LogP contribution in [0.25, 0.3) is 5.78 Å². The summed E-state index contributed by atoms with van der Waals surface area (Å²) in [5.74, 6) is -0.315. The molecule has 1 saturated heterocycles. The first-order chi connectivity index (χ1) is 12.6. The molecule has 132 valence electrons. The van der Waals surface area contributed by atoms with E-state index in [-0.39, 0.29) is 35.8 Å². The van der Waals surface area contributed by atoms with E-state index in [0.717, 1.165) is 5.56 Å². The molecule has 7 nitrogen and oxygen atoms in total. The molecule has 2 aromatic heterocycles. The summed E-state index contributed by atoms with van der Waals surface area (Å²) >= 11 is 0. The largest absolute Gasteiger partial charge is 0.346 e. The van der Waals surface area contributed by atoms with Crippen LogP contribution in [-0.4, -0.2) is 43.7 Å². The van der Waals surface area contributed by atoms with E-state index in [1.807, 2.05) is 0 Å². The molecule has 2 amide bonds. The minimum atomic E-state index is -0.346. The number of amides is 2. The van der Waals surface area contributed by atoms with Gasteiger partial charge >= 0.3 is 0 Å². The van der Waals surface area contributed by atoms with E-state index in [0.29, 0.717) is 18.9 Å². The van der Waals surface area contributed by atoms with Crippen LogP contribution in [0, 0.1) is 5.82 Å². The Balaban J connectivity index is 1.41. The number of nitrogens with one attached hydrogen (secondary N) is 1. The molecule has 4 rings (SSSR count). The maximum atomic E-state index is 13.3. The van der Waals surface area contributed by atoms with Gasteiger partial charge in [-0.3, -0.25) is 14.0 Å². The van der Waals surface area contributed by atoms with E-state index in [2.05, 4.69) is 15.3 Å². The van der Waals surface area contributed by atoms with Crippen molar-refractivity contribution in [2.45, 2.75) is 19.0 Å². The highest BCUT2D eigenvalue weighted by atomic mass is 19.1. The Morgan fingerprint density at radius 1 is 1.35 bits per heavy atom. The number of imidazole rings is 1. The van der Waals surface area contributed by atoms with E-state index in [1.54, 1.807) is 46.1 Å². The second-order valence-electron chi connectivity index (χ2n) is 6.23. The van der Waals surface area contributed by atoms with Gasteiger partial charge in [0, 0.05) is 38.1 Å². The van der Waals surface area contributed by atoms with Gasteiger partial charge in [0.05, 0.1) is 6.04 Å². The van der Waals surface area contributed by atoms with Crippen LogP contribution in [0.5, 0.6) is 0 Å². The van der Waals surface area contributed by atoms with Crippen LogP contribution in [0.3, 0.4) is 0 Å². The molecule has 1 atom stereocenters. The van der Waals surface area contributed by atoms with Gasteiger partial charge in [-0.1, -0.05) is 12.1 Å². The zero-order valence-corrected chi connectivity index (χ0v) is 13.8. The van der Waals surface area contributed by atoms with E-state index in [4.69, 9.17) is 0 Å². The molecule has 3 aromatic rings. The summed E-state index contributed by atoms with van der Waals surface area (Å²) in [6, 6.07) is 7.59. The average molecular weight is 353 g/mol. The third kappa shape index (κ3) is 3.26. The highest BCUT2D eigenvalue weighted by Crippen LogP contribution is 2.16. The zero-order chi connectivity index (χ0) is 18.1. The first-order valence-corrected chi connectivity index (χ1v) is 8.21. The first-order valence-electron chi connectivity index (χ1n) is 8.21. The second kappa shape index (κ2) is 6.55. The van der Waals surface area contributed by atoms with Crippen molar-refractivity contribution in [2.24, 2.45) is 0 Å². The highest BCUT2D eigenvalue weighted by molar-refractivity contribution is 5.93. The van der Waals surface area contributed by atoms with Crippen LogP contribution < -0.4 is 5.32 Å². The average Bonchev–Trinajstić information content (AvgIpc) is 3.19. The highest BCUT2D eigenvalue weighted by Gasteiger charge is 2.31. The number of hydrogen-bond donors (Lipinski definition) is 1. The zero-order valence-electron chi connectivity index (χ0n) is 13.8. The fourth-order valence-corrected chi connectivity index (χ4v) is 3.08. The number of likely N-dealkylation sites (tertiary alicyclic amines) is 1. The minimum absolute atomic E-state index is 0.0729. The number of hydrogen-bond acceptors (Lipinski definition) is 4. The summed E-state index contributed by atoms with van der Waals surface area (Å²) in [6.07, 6.45) is 5.17. The van der Waals surface area contributed by atoms with E-state index in [1.165, 1.54) is 12.1 Å². The Labute approximate surface area is 148 Å². The predicted octanol–water partition coefficient (Wildman–Crippen LogP) is 1.40. The van der Waals surface area contributed by atoms with Crippen molar-refractivity contribution in [1.29, 1.82) is 0 Å². The van der Waals surface area contributed by atoms with Gasteiger partial charge in [-0.2, -0.15) is 0 Å². The molecular formula is C18H16FN5O2. The van der Waals surface area contributed by atoms with Gasteiger partial charge in [0.2, 0.25) is 11.7 Å². The van der Waals surface area contributed by atoms with Gasteiger partial charge in [-0.15, -0.1) is 0 Å². The lowest BCUT2D eigenvalue weighted by Gasteiger charge is -2.17. The summed E-state index contributed by atoms with van der Waals surface area (Å²) in [6.45, 7) is 0.702. The summed E-state index contributed by atoms with van der Waals surface area (Å²) in [5.41, 5.74) is 0.969.